The normalized spacial score (nSPS) is 17.4. The molecule has 0 aliphatic carbocycles. The van der Waals surface area contributed by atoms with Gasteiger partial charge in [0.15, 0.2) is 0 Å². The highest BCUT2D eigenvalue weighted by Gasteiger charge is 2.40. The molecule has 0 spiro atoms. The van der Waals surface area contributed by atoms with Gasteiger partial charge in [-0.05, 0) is 43.5 Å². The number of rotatable bonds is 6. The second-order valence-electron chi connectivity index (χ2n) is 6.85. The fraction of sp³-hybridized carbons (Fsp3) is 0.286. The van der Waals surface area contributed by atoms with Crippen molar-refractivity contribution in [3.05, 3.63) is 64.7 Å². The summed E-state index contributed by atoms with van der Waals surface area (Å²) in [7, 11) is 0. The Morgan fingerprint density at radius 2 is 1.93 bits per heavy atom. The largest absolute Gasteiger partial charge is 0.326 e. The van der Waals surface area contributed by atoms with E-state index in [4.69, 9.17) is 11.6 Å². The van der Waals surface area contributed by atoms with Gasteiger partial charge in [-0.15, -0.1) is 0 Å². The van der Waals surface area contributed by atoms with E-state index in [1.54, 1.807) is 12.1 Å². The van der Waals surface area contributed by atoms with Gasteiger partial charge in [-0.25, -0.2) is 4.79 Å². The van der Waals surface area contributed by atoms with Gasteiger partial charge >= 0.3 is 6.03 Å². The fourth-order valence-electron chi connectivity index (χ4n) is 3.16. The predicted octanol–water partition coefficient (Wildman–Crippen LogP) is 4.05. The first-order valence-electron chi connectivity index (χ1n) is 9.11. The number of nitrogens with one attached hydrogen (secondary N) is 2. The molecular formula is C21H22ClN3O3. The highest BCUT2D eigenvalue weighted by molar-refractivity contribution is 6.31. The van der Waals surface area contributed by atoms with Crippen LogP contribution in [0.5, 0.6) is 0 Å². The third kappa shape index (κ3) is 4.34. The molecule has 2 aromatic carbocycles. The first-order valence-corrected chi connectivity index (χ1v) is 9.49. The molecule has 1 fully saturated rings. The number of anilines is 1. The highest BCUT2D eigenvalue weighted by Crippen LogP contribution is 2.25. The van der Waals surface area contributed by atoms with Gasteiger partial charge in [-0.3, -0.25) is 14.5 Å². The Morgan fingerprint density at radius 1 is 1.21 bits per heavy atom. The number of imide groups is 1. The SMILES string of the molecule is Cc1ccc(NC(=O)CC[C@H]2NC(=O)N([C@@H](C)c3ccccc3)C2=O)cc1Cl. The summed E-state index contributed by atoms with van der Waals surface area (Å²) in [5.74, 6) is -0.552. The van der Waals surface area contributed by atoms with Crippen molar-refractivity contribution >= 4 is 35.1 Å². The van der Waals surface area contributed by atoms with Crippen molar-refractivity contribution in [1.82, 2.24) is 10.2 Å². The van der Waals surface area contributed by atoms with Crippen LogP contribution in [-0.2, 0) is 9.59 Å². The highest BCUT2D eigenvalue weighted by atomic mass is 35.5. The number of carbonyl (C=O) groups is 3. The Bertz CT molecular complexity index is 901. The maximum atomic E-state index is 12.7. The van der Waals surface area contributed by atoms with Gasteiger partial charge < -0.3 is 10.6 Å². The lowest BCUT2D eigenvalue weighted by Crippen LogP contribution is -2.34. The molecule has 7 heteroatoms. The van der Waals surface area contributed by atoms with E-state index in [1.807, 2.05) is 50.2 Å². The summed E-state index contributed by atoms with van der Waals surface area (Å²) in [5.41, 5.74) is 2.40. The van der Waals surface area contributed by atoms with Crippen LogP contribution >= 0.6 is 11.6 Å². The standard InChI is InChI=1S/C21H22ClN3O3/c1-13-8-9-16(12-17(13)22)23-19(26)11-10-18-20(27)25(21(28)24-18)14(2)15-6-4-3-5-7-15/h3-9,12,14,18H,10-11H2,1-2H3,(H,23,26)(H,24,28)/t14-,18+/m0/s1. The molecule has 0 unspecified atom stereocenters. The van der Waals surface area contributed by atoms with Crippen LogP contribution < -0.4 is 10.6 Å². The van der Waals surface area contributed by atoms with Crippen molar-refractivity contribution in [2.45, 2.75) is 38.8 Å². The van der Waals surface area contributed by atoms with E-state index in [1.165, 1.54) is 4.90 Å². The van der Waals surface area contributed by atoms with Crippen molar-refractivity contribution in [1.29, 1.82) is 0 Å². The van der Waals surface area contributed by atoms with Crippen molar-refractivity contribution in [2.24, 2.45) is 0 Å². The molecule has 1 aliphatic rings. The number of benzene rings is 2. The van der Waals surface area contributed by atoms with Gasteiger partial charge in [0, 0.05) is 17.1 Å². The van der Waals surface area contributed by atoms with Gasteiger partial charge in [-0.2, -0.15) is 0 Å². The monoisotopic (exact) mass is 399 g/mol. The van der Waals surface area contributed by atoms with Gasteiger partial charge in [-0.1, -0.05) is 48.0 Å². The van der Waals surface area contributed by atoms with Gasteiger partial charge in [0.2, 0.25) is 5.91 Å². The zero-order chi connectivity index (χ0) is 20.3. The first-order chi connectivity index (χ1) is 13.4. The molecular weight excluding hydrogens is 378 g/mol. The van der Waals surface area contributed by atoms with Gasteiger partial charge in [0.25, 0.3) is 5.91 Å². The maximum Gasteiger partial charge on any atom is 0.325 e. The van der Waals surface area contributed by atoms with E-state index in [-0.39, 0.29) is 30.7 Å². The first kappa shape index (κ1) is 19.9. The molecule has 2 atom stereocenters. The van der Waals surface area contributed by atoms with E-state index >= 15 is 0 Å². The molecule has 1 aliphatic heterocycles. The van der Waals surface area contributed by atoms with Crippen molar-refractivity contribution in [3.8, 4) is 0 Å². The molecule has 1 saturated heterocycles. The number of hydrogen-bond donors (Lipinski definition) is 2. The molecule has 28 heavy (non-hydrogen) atoms. The minimum atomic E-state index is -0.703. The Balaban J connectivity index is 1.58. The Kier molecular flexibility index (Phi) is 5.99. The summed E-state index contributed by atoms with van der Waals surface area (Å²) in [4.78, 5) is 38.4. The third-order valence-electron chi connectivity index (χ3n) is 4.84. The number of hydrogen-bond acceptors (Lipinski definition) is 3. The minimum Gasteiger partial charge on any atom is -0.326 e. The second kappa shape index (κ2) is 8.44. The van der Waals surface area contributed by atoms with Crippen molar-refractivity contribution in [2.75, 3.05) is 5.32 Å². The second-order valence-corrected chi connectivity index (χ2v) is 7.25. The number of urea groups is 1. The Morgan fingerprint density at radius 3 is 2.61 bits per heavy atom. The molecule has 2 aromatic rings. The van der Waals surface area contributed by atoms with E-state index in [0.717, 1.165) is 11.1 Å². The van der Waals surface area contributed by atoms with Gasteiger partial charge in [0.1, 0.15) is 6.04 Å². The molecule has 0 radical (unpaired) electrons. The summed E-state index contributed by atoms with van der Waals surface area (Å²) in [6.07, 6.45) is 0.337. The average molecular weight is 400 g/mol. The van der Waals surface area contributed by atoms with E-state index in [2.05, 4.69) is 10.6 Å². The van der Waals surface area contributed by atoms with E-state index in [9.17, 15) is 14.4 Å². The van der Waals surface area contributed by atoms with Crippen LogP contribution in [0.15, 0.2) is 48.5 Å². The number of carbonyl (C=O) groups excluding carboxylic acids is 3. The molecule has 4 amide bonds. The molecule has 0 aromatic heterocycles. The summed E-state index contributed by atoms with van der Waals surface area (Å²) in [5, 5.41) is 6.01. The summed E-state index contributed by atoms with van der Waals surface area (Å²) in [6, 6.07) is 13.1. The Hall–Kier alpha value is -2.86. The zero-order valence-electron chi connectivity index (χ0n) is 15.7. The topological polar surface area (TPSA) is 78.5 Å². The van der Waals surface area contributed by atoms with Crippen LogP contribution in [0, 0.1) is 6.92 Å². The molecule has 6 nitrogen and oxygen atoms in total. The van der Waals surface area contributed by atoms with Crippen LogP contribution in [0.4, 0.5) is 10.5 Å². The summed E-state index contributed by atoms with van der Waals surface area (Å²) < 4.78 is 0. The lowest BCUT2D eigenvalue weighted by Gasteiger charge is -2.21. The quantitative estimate of drug-likeness (QED) is 0.719. The smallest absolute Gasteiger partial charge is 0.325 e. The zero-order valence-corrected chi connectivity index (χ0v) is 16.5. The number of aryl methyl sites for hydroxylation is 1. The van der Waals surface area contributed by atoms with Crippen LogP contribution in [0.2, 0.25) is 5.02 Å². The molecule has 2 N–H and O–H groups in total. The lowest BCUT2D eigenvalue weighted by molar-refractivity contribution is -0.129. The summed E-state index contributed by atoms with van der Waals surface area (Å²) in [6.45, 7) is 3.69. The van der Waals surface area contributed by atoms with Gasteiger partial charge in [0.05, 0.1) is 6.04 Å². The average Bonchev–Trinajstić information content (AvgIpc) is 2.96. The van der Waals surface area contributed by atoms with E-state index < -0.39 is 12.1 Å². The molecule has 3 rings (SSSR count). The molecule has 0 bridgehead atoms. The predicted molar refractivity (Wildman–Crippen MR) is 108 cm³/mol. The lowest BCUT2D eigenvalue weighted by atomic mass is 10.1. The molecule has 0 saturated carbocycles. The fourth-order valence-corrected chi connectivity index (χ4v) is 3.34. The van der Waals surface area contributed by atoms with Crippen LogP contribution in [0.3, 0.4) is 0 Å². The maximum absolute atomic E-state index is 12.7. The van der Waals surface area contributed by atoms with Crippen LogP contribution in [-0.4, -0.2) is 28.8 Å². The number of halogens is 1. The number of amides is 4. The molecule has 146 valence electrons. The number of nitrogens with zero attached hydrogens (tertiary/aromatic N) is 1. The van der Waals surface area contributed by atoms with Crippen molar-refractivity contribution < 1.29 is 14.4 Å². The van der Waals surface area contributed by atoms with Crippen molar-refractivity contribution in [3.63, 3.8) is 0 Å². The van der Waals surface area contributed by atoms with E-state index in [0.29, 0.717) is 10.7 Å². The van der Waals surface area contributed by atoms with Crippen LogP contribution in [0.1, 0.15) is 36.9 Å². The summed E-state index contributed by atoms with van der Waals surface area (Å²) >= 11 is 6.06. The van der Waals surface area contributed by atoms with Crippen LogP contribution in [0.25, 0.3) is 0 Å². The third-order valence-corrected chi connectivity index (χ3v) is 5.24. The molecule has 1 heterocycles. The minimum absolute atomic E-state index is 0.107. The Labute approximate surface area is 168 Å².